The normalized spacial score (nSPS) is 10.7. The van der Waals surface area contributed by atoms with E-state index in [4.69, 9.17) is 17.3 Å². The number of fused-ring (bicyclic) bond motifs is 1. The van der Waals surface area contributed by atoms with Crippen LogP contribution in [-0.2, 0) is 13.1 Å². The Labute approximate surface area is 246 Å². The van der Waals surface area contributed by atoms with E-state index in [0.717, 1.165) is 21.5 Å². The van der Waals surface area contributed by atoms with E-state index in [1.54, 1.807) is 42.7 Å². The Hall–Kier alpha value is -3.74. The summed E-state index contributed by atoms with van der Waals surface area (Å²) in [5.74, 6) is 0.0337. The lowest BCUT2D eigenvalue weighted by Gasteiger charge is -2.13. The molecule has 12 heteroatoms. The fourth-order valence-electron chi connectivity index (χ4n) is 4.47. The van der Waals surface area contributed by atoms with Crippen molar-refractivity contribution in [3.05, 3.63) is 111 Å². The second-order valence-electron chi connectivity index (χ2n) is 8.68. The number of H-pyrrole nitrogens is 1. The van der Waals surface area contributed by atoms with Gasteiger partial charge in [-0.15, -0.1) is 12.8 Å². The van der Waals surface area contributed by atoms with Crippen molar-refractivity contribution in [3.8, 4) is 11.1 Å². The predicted octanol–water partition coefficient (Wildman–Crippen LogP) is 4.62. The number of rotatable bonds is 8. The summed E-state index contributed by atoms with van der Waals surface area (Å²) in [5.41, 5.74) is 9.57. The van der Waals surface area contributed by atoms with E-state index in [1.807, 2.05) is 48.0 Å². The standard InChI is InChI=1S/C28H25ClN6O2S.H3NS/c1-31-15-17-4-2-5-20(12-17)38-34-28(37)26-25(21-6-3-10-33-27(21)36)22-14-19(29)7-8-23(22)35(26)16-18-9-11-32-24(30)13-18;1-2/h2-14,31H,15-16H2,1H3,(H2,30,32)(H,33,36)(H,34,37);2H,1H2. The summed E-state index contributed by atoms with van der Waals surface area (Å²) in [6.07, 6.45) is 3.19. The number of nitrogens with zero attached hydrogens (tertiary/aromatic N) is 2. The lowest BCUT2D eigenvalue weighted by molar-refractivity contribution is 0.0977. The second-order valence-corrected chi connectivity index (χ2v) is 10.0. The zero-order valence-corrected chi connectivity index (χ0v) is 24.0. The van der Waals surface area contributed by atoms with Crippen molar-refractivity contribution in [3.63, 3.8) is 0 Å². The summed E-state index contributed by atoms with van der Waals surface area (Å²) < 4.78 is 4.87. The van der Waals surface area contributed by atoms with Gasteiger partial charge in [-0.1, -0.05) is 23.7 Å². The quantitative estimate of drug-likeness (QED) is 0.114. The highest BCUT2D eigenvalue weighted by atomic mass is 35.5. The van der Waals surface area contributed by atoms with Gasteiger partial charge in [0.1, 0.15) is 11.5 Å². The molecule has 1 amide bonds. The molecule has 3 heterocycles. The number of benzene rings is 2. The minimum absolute atomic E-state index is 0.304. The molecule has 40 heavy (non-hydrogen) atoms. The highest BCUT2D eigenvalue weighted by Crippen LogP contribution is 2.36. The number of carbonyl (C=O) groups is 1. The Morgan fingerprint density at radius 2 is 1.93 bits per heavy atom. The van der Waals surface area contributed by atoms with E-state index in [-0.39, 0.29) is 11.5 Å². The number of aromatic amines is 1. The number of nitrogen functional groups attached to an aromatic ring is 1. The number of aromatic nitrogens is 3. The molecule has 0 aliphatic heterocycles. The average molecular weight is 594 g/mol. The summed E-state index contributed by atoms with van der Waals surface area (Å²) in [6, 6.07) is 20.4. The summed E-state index contributed by atoms with van der Waals surface area (Å²) in [6.45, 7) is 1.05. The SMILES string of the molecule is CNCc1cccc(SNC(=O)c2c(-c3ccc[nH]c3=O)c3cc(Cl)ccc3n2Cc2ccnc(N)c2)c1.NS. The van der Waals surface area contributed by atoms with Crippen LogP contribution in [0.1, 0.15) is 21.6 Å². The van der Waals surface area contributed by atoms with Crippen LogP contribution in [-0.4, -0.2) is 27.5 Å². The third kappa shape index (κ3) is 6.52. The largest absolute Gasteiger partial charge is 0.384 e. The van der Waals surface area contributed by atoms with Gasteiger partial charge < -0.3 is 20.6 Å². The highest BCUT2D eigenvalue weighted by Gasteiger charge is 2.26. The van der Waals surface area contributed by atoms with Crippen LogP contribution in [0.3, 0.4) is 0 Å². The maximum absolute atomic E-state index is 13.9. The van der Waals surface area contributed by atoms with Crippen molar-refractivity contribution < 1.29 is 4.79 Å². The monoisotopic (exact) mass is 593 g/mol. The Balaban J connectivity index is 0.00000181. The number of anilines is 1. The minimum atomic E-state index is -0.346. The molecule has 0 fully saturated rings. The van der Waals surface area contributed by atoms with Gasteiger partial charge in [-0.05, 0) is 84.7 Å². The maximum Gasteiger partial charge on any atom is 0.278 e. The van der Waals surface area contributed by atoms with Crippen molar-refractivity contribution in [1.82, 2.24) is 24.6 Å². The lowest BCUT2D eigenvalue weighted by Crippen LogP contribution is -2.22. The number of nitrogens with two attached hydrogens (primary N) is 2. The van der Waals surface area contributed by atoms with Crippen LogP contribution in [0.2, 0.25) is 5.02 Å². The summed E-state index contributed by atoms with van der Waals surface area (Å²) in [7, 11) is 1.88. The molecule has 0 bridgehead atoms. The third-order valence-electron chi connectivity index (χ3n) is 6.06. The van der Waals surface area contributed by atoms with Gasteiger partial charge in [-0.25, -0.2) is 4.98 Å². The number of pyridine rings is 2. The van der Waals surface area contributed by atoms with Gasteiger partial charge in [0.05, 0.1) is 0 Å². The number of carbonyl (C=O) groups excluding carboxylic acids is 1. The Morgan fingerprint density at radius 1 is 1.10 bits per heavy atom. The highest BCUT2D eigenvalue weighted by molar-refractivity contribution is 7.98. The predicted molar refractivity (Wildman–Crippen MR) is 166 cm³/mol. The van der Waals surface area contributed by atoms with Crippen LogP contribution in [0.15, 0.2) is 88.8 Å². The van der Waals surface area contributed by atoms with Crippen LogP contribution < -0.4 is 26.5 Å². The van der Waals surface area contributed by atoms with Gasteiger partial charge in [-0.3, -0.25) is 19.5 Å². The fourth-order valence-corrected chi connectivity index (χ4v) is 5.31. The molecule has 3 aromatic heterocycles. The van der Waals surface area contributed by atoms with Crippen LogP contribution in [0.25, 0.3) is 22.0 Å². The van der Waals surface area contributed by atoms with E-state index in [1.165, 1.54) is 11.9 Å². The van der Waals surface area contributed by atoms with E-state index in [0.29, 0.717) is 46.1 Å². The topological polar surface area (TPSA) is 144 Å². The van der Waals surface area contributed by atoms with Crippen LogP contribution >= 0.6 is 36.4 Å². The van der Waals surface area contributed by atoms with Crippen molar-refractivity contribution in [2.24, 2.45) is 5.14 Å². The first-order valence-corrected chi connectivity index (χ1v) is 13.8. The first-order valence-electron chi connectivity index (χ1n) is 12.1. The zero-order chi connectivity index (χ0) is 28.6. The first-order chi connectivity index (χ1) is 19.4. The van der Waals surface area contributed by atoms with Crippen LogP contribution in [0.4, 0.5) is 5.82 Å². The average Bonchev–Trinajstić information content (AvgIpc) is 3.26. The molecule has 0 spiro atoms. The molecule has 7 N–H and O–H groups in total. The molecule has 0 aliphatic carbocycles. The number of halogens is 1. The number of hydrogen-bond donors (Lipinski definition) is 6. The molecule has 9 nitrogen and oxygen atoms in total. The molecular formula is C28H28ClN7O2S2. The van der Waals surface area contributed by atoms with E-state index >= 15 is 0 Å². The van der Waals surface area contributed by atoms with Gasteiger partial charge in [0.15, 0.2) is 0 Å². The summed E-state index contributed by atoms with van der Waals surface area (Å²) >= 11 is 10.6. The van der Waals surface area contributed by atoms with E-state index in [9.17, 15) is 9.59 Å². The van der Waals surface area contributed by atoms with Gasteiger partial charge in [0.25, 0.3) is 11.5 Å². The van der Waals surface area contributed by atoms with Crippen molar-refractivity contribution in [2.75, 3.05) is 12.8 Å². The van der Waals surface area contributed by atoms with Gasteiger partial charge in [0.2, 0.25) is 0 Å². The third-order valence-corrected chi connectivity index (χ3v) is 7.07. The molecule has 0 saturated heterocycles. The van der Waals surface area contributed by atoms with Crippen molar-refractivity contribution >= 4 is 59.0 Å². The molecule has 206 valence electrons. The minimum Gasteiger partial charge on any atom is -0.384 e. The van der Waals surface area contributed by atoms with Gasteiger partial charge in [-0.2, -0.15) is 0 Å². The van der Waals surface area contributed by atoms with Crippen LogP contribution in [0.5, 0.6) is 0 Å². The zero-order valence-electron chi connectivity index (χ0n) is 21.5. The molecule has 2 aromatic carbocycles. The van der Waals surface area contributed by atoms with Crippen molar-refractivity contribution in [1.29, 1.82) is 0 Å². The molecule has 5 rings (SSSR count). The molecule has 5 aromatic rings. The van der Waals surface area contributed by atoms with Crippen molar-refractivity contribution in [2.45, 2.75) is 18.0 Å². The number of thiol groups is 1. The molecule has 0 saturated carbocycles. The molecule has 0 aliphatic rings. The lowest BCUT2D eigenvalue weighted by atomic mass is 10.0. The summed E-state index contributed by atoms with van der Waals surface area (Å²) in [5, 5.41) is 8.52. The van der Waals surface area contributed by atoms with Gasteiger partial charge >= 0.3 is 0 Å². The Bertz CT molecular complexity index is 1700. The molecule has 0 unspecified atom stereocenters. The Morgan fingerprint density at radius 3 is 2.67 bits per heavy atom. The number of hydrogen-bond acceptors (Lipinski definition) is 8. The van der Waals surface area contributed by atoms with Gasteiger partial charge in [0, 0.05) is 57.4 Å². The number of nitrogens with one attached hydrogen (secondary N) is 3. The smallest absolute Gasteiger partial charge is 0.278 e. The number of amides is 1. The first kappa shape index (κ1) is 29.2. The maximum atomic E-state index is 13.9. The van der Waals surface area contributed by atoms with E-state index < -0.39 is 0 Å². The van der Waals surface area contributed by atoms with E-state index in [2.05, 4.69) is 38.0 Å². The Kier molecular flexibility index (Phi) is 9.91. The fraction of sp³-hybridized carbons (Fsp3) is 0.107. The van der Waals surface area contributed by atoms with Crippen LogP contribution in [0, 0.1) is 0 Å². The molecule has 0 radical (unpaired) electrons. The molecular weight excluding hydrogens is 566 g/mol. The summed E-state index contributed by atoms with van der Waals surface area (Å²) in [4.78, 5) is 34.6. The second kappa shape index (κ2) is 13.6. The molecule has 0 atom stereocenters.